The summed E-state index contributed by atoms with van der Waals surface area (Å²) in [5, 5.41) is 5.55. The lowest BCUT2D eigenvalue weighted by Gasteiger charge is -2.23. The smallest absolute Gasteiger partial charge is 0.239 e. The molecule has 0 radical (unpaired) electrons. The number of rotatable bonds is 6. The van der Waals surface area contributed by atoms with E-state index in [1.54, 1.807) is 21.0 Å². The van der Waals surface area contributed by atoms with E-state index in [4.69, 9.17) is 4.74 Å². The quantitative estimate of drug-likeness (QED) is 0.623. The Labute approximate surface area is 126 Å². The van der Waals surface area contributed by atoms with E-state index in [1.807, 2.05) is 32.0 Å². The highest BCUT2D eigenvalue weighted by molar-refractivity contribution is 6.10. The van der Waals surface area contributed by atoms with Crippen LogP contribution in [0, 0.1) is 19.3 Å². The van der Waals surface area contributed by atoms with Crippen molar-refractivity contribution in [2.75, 3.05) is 25.6 Å². The molecule has 0 saturated carbocycles. The van der Waals surface area contributed by atoms with Gasteiger partial charge in [0.05, 0.1) is 6.61 Å². The largest absolute Gasteiger partial charge is 0.383 e. The number of nitrogens with one attached hydrogen (secondary N) is 2. The fourth-order valence-corrected chi connectivity index (χ4v) is 1.87. The summed E-state index contributed by atoms with van der Waals surface area (Å²) in [4.78, 5) is 24.5. The van der Waals surface area contributed by atoms with E-state index in [2.05, 4.69) is 10.6 Å². The maximum atomic E-state index is 12.4. The molecule has 0 aromatic heterocycles. The van der Waals surface area contributed by atoms with Gasteiger partial charge in [-0.25, -0.2) is 0 Å². The SMILES string of the molecule is COCCNC(=O)C(C)(C)C(=O)Nc1c(C)cccc1C. The third kappa shape index (κ3) is 4.29. The van der Waals surface area contributed by atoms with Crippen molar-refractivity contribution in [3.63, 3.8) is 0 Å². The highest BCUT2D eigenvalue weighted by atomic mass is 16.5. The third-order valence-electron chi connectivity index (χ3n) is 3.45. The van der Waals surface area contributed by atoms with Crippen LogP contribution in [0.3, 0.4) is 0 Å². The Hall–Kier alpha value is -1.88. The van der Waals surface area contributed by atoms with Crippen LogP contribution in [0.1, 0.15) is 25.0 Å². The summed E-state index contributed by atoms with van der Waals surface area (Å²) in [5.41, 5.74) is 1.56. The minimum absolute atomic E-state index is 0.316. The van der Waals surface area contributed by atoms with E-state index in [-0.39, 0.29) is 11.8 Å². The number of carbonyl (C=O) groups is 2. The molecule has 0 unspecified atom stereocenters. The molecule has 0 saturated heterocycles. The molecule has 0 aliphatic rings. The van der Waals surface area contributed by atoms with Crippen LogP contribution < -0.4 is 10.6 Å². The minimum Gasteiger partial charge on any atom is -0.383 e. The van der Waals surface area contributed by atoms with Crippen LogP contribution in [0.5, 0.6) is 0 Å². The standard InChI is InChI=1S/C16H24N2O3/c1-11-7-6-8-12(2)13(11)18-15(20)16(3,4)14(19)17-9-10-21-5/h6-8H,9-10H2,1-5H3,(H,17,19)(H,18,20). The fraction of sp³-hybridized carbons (Fsp3) is 0.500. The molecule has 5 nitrogen and oxygen atoms in total. The van der Waals surface area contributed by atoms with Crippen molar-refractivity contribution in [1.82, 2.24) is 5.32 Å². The summed E-state index contributed by atoms with van der Waals surface area (Å²) >= 11 is 0. The zero-order valence-electron chi connectivity index (χ0n) is 13.4. The molecule has 5 heteroatoms. The number of methoxy groups -OCH3 is 1. The molecule has 0 aliphatic carbocycles. The number of hydrogen-bond donors (Lipinski definition) is 2. The molecule has 0 heterocycles. The Morgan fingerprint density at radius 1 is 1.14 bits per heavy atom. The Balaban J connectivity index is 2.79. The summed E-state index contributed by atoms with van der Waals surface area (Å²) in [6, 6.07) is 5.78. The summed E-state index contributed by atoms with van der Waals surface area (Å²) in [5.74, 6) is -0.641. The number of benzene rings is 1. The molecule has 116 valence electrons. The third-order valence-corrected chi connectivity index (χ3v) is 3.45. The van der Waals surface area contributed by atoms with Crippen molar-refractivity contribution in [1.29, 1.82) is 0 Å². The molecular weight excluding hydrogens is 268 g/mol. The second-order valence-electron chi connectivity index (χ2n) is 5.59. The monoisotopic (exact) mass is 292 g/mol. The van der Waals surface area contributed by atoms with Crippen LogP contribution in [-0.2, 0) is 14.3 Å². The number of carbonyl (C=O) groups excluding carboxylic acids is 2. The predicted molar refractivity (Wildman–Crippen MR) is 83.2 cm³/mol. The first-order valence-corrected chi connectivity index (χ1v) is 6.95. The topological polar surface area (TPSA) is 67.4 Å². The number of anilines is 1. The van der Waals surface area contributed by atoms with Crippen LogP contribution in [0.4, 0.5) is 5.69 Å². The average Bonchev–Trinajstić information content (AvgIpc) is 2.42. The maximum absolute atomic E-state index is 12.4. The molecule has 21 heavy (non-hydrogen) atoms. The first kappa shape index (κ1) is 17.2. The average molecular weight is 292 g/mol. The number of amides is 2. The summed E-state index contributed by atoms with van der Waals surface area (Å²) in [6.45, 7) is 7.87. The summed E-state index contributed by atoms with van der Waals surface area (Å²) in [6.07, 6.45) is 0. The Bertz CT molecular complexity index is 504. The van der Waals surface area contributed by atoms with Gasteiger partial charge in [0.2, 0.25) is 11.8 Å². The van der Waals surface area contributed by atoms with Gasteiger partial charge in [0.15, 0.2) is 0 Å². The van der Waals surface area contributed by atoms with Gasteiger partial charge in [-0.3, -0.25) is 9.59 Å². The van der Waals surface area contributed by atoms with Crippen molar-refractivity contribution in [3.05, 3.63) is 29.3 Å². The Morgan fingerprint density at radius 2 is 1.71 bits per heavy atom. The highest BCUT2D eigenvalue weighted by Crippen LogP contribution is 2.24. The molecule has 1 rings (SSSR count). The molecule has 0 fully saturated rings. The lowest BCUT2D eigenvalue weighted by atomic mass is 9.90. The second-order valence-corrected chi connectivity index (χ2v) is 5.59. The van der Waals surface area contributed by atoms with Crippen molar-refractivity contribution < 1.29 is 14.3 Å². The highest BCUT2D eigenvalue weighted by Gasteiger charge is 2.36. The second kappa shape index (κ2) is 7.22. The molecular formula is C16H24N2O3. The van der Waals surface area contributed by atoms with Crippen molar-refractivity contribution >= 4 is 17.5 Å². The lowest BCUT2D eigenvalue weighted by Crippen LogP contribution is -2.46. The first-order chi connectivity index (χ1) is 9.80. The minimum atomic E-state index is -1.15. The Kier molecular flexibility index (Phi) is 5.90. The zero-order valence-corrected chi connectivity index (χ0v) is 13.4. The van der Waals surface area contributed by atoms with Gasteiger partial charge in [-0.05, 0) is 38.8 Å². The number of hydrogen-bond acceptors (Lipinski definition) is 3. The van der Waals surface area contributed by atoms with Gasteiger partial charge >= 0.3 is 0 Å². The van der Waals surface area contributed by atoms with Gasteiger partial charge in [0.1, 0.15) is 5.41 Å². The number of para-hydroxylation sites is 1. The zero-order chi connectivity index (χ0) is 16.0. The van der Waals surface area contributed by atoms with Crippen LogP contribution >= 0.6 is 0 Å². The molecule has 0 atom stereocenters. The van der Waals surface area contributed by atoms with E-state index in [1.165, 1.54) is 0 Å². The molecule has 1 aromatic rings. The van der Waals surface area contributed by atoms with E-state index in [0.717, 1.165) is 16.8 Å². The molecule has 0 bridgehead atoms. The first-order valence-electron chi connectivity index (χ1n) is 6.95. The molecule has 2 amide bonds. The molecule has 0 aliphatic heterocycles. The maximum Gasteiger partial charge on any atom is 0.239 e. The molecule has 1 aromatic carbocycles. The van der Waals surface area contributed by atoms with Crippen LogP contribution in [0.15, 0.2) is 18.2 Å². The normalized spacial score (nSPS) is 11.1. The Morgan fingerprint density at radius 3 is 2.24 bits per heavy atom. The summed E-state index contributed by atoms with van der Waals surface area (Å²) < 4.78 is 4.88. The van der Waals surface area contributed by atoms with Crippen molar-refractivity contribution in [3.8, 4) is 0 Å². The summed E-state index contributed by atoms with van der Waals surface area (Å²) in [7, 11) is 1.56. The van der Waals surface area contributed by atoms with E-state index in [9.17, 15) is 9.59 Å². The van der Waals surface area contributed by atoms with Gasteiger partial charge in [-0.2, -0.15) is 0 Å². The van der Waals surface area contributed by atoms with Crippen LogP contribution in [-0.4, -0.2) is 32.1 Å². The number of aryl methyl sites for hydroxylation is 2. The number of ether oxygens (including phenoxy) is 1. The van der Waals surface area contributed by atoms with Crippen LogP contribution in [0.25, 0.3) is 0 Å². The molecule has 0 spiro atoms. The van der Waals surface area contributed by atoms with Gasteiger partial charge < -0.3 is 15.4 Å². The van der Waals surface area contributed by atoms with E-state index < -0.39 is 5.41 Å². The van der Waals surface area contributed by atoms with E-state index in [0.29, 0.717) is 13.2 Å². The van der Waals surface area contributed by atoms with Gasteiger partial charge in [0.25, 0.3) is 0 Å². The lowest BCUT2D eigenvalue weighted by molar-refractivity contribution is -0.138. The van der Waals surface area contributed by atoms with Crippen molar-refractivity contribution in [2.45, 2.75) is 27.7 Å². The predicted octanol–water partition coefficient (Wildman–Crippen LogP) is 2.03. The van der Waals surface area contributed by atoms with Gasteiger partial charge in [-0.15, -0.1) is 0 Å². The van der Waals surface area contributed by atoms with Crippen molar-refractivity contribution in [2.24, 2.45) is 5.41 Å². The van der Waals surface area contributed by atoms with Gasteiger partial charge in [-0.1, -0.05) is 18.2 Å². The van der Waals surface area contributed by atoms with E-state index >= 15 is 0 Å². The molecule has 2 N–H and O–H groups in total. The fourth-order valence-electron chi connectivity index (χ4n) is 1.87. The van der Waals surface area contributed by atoms with Crippen LogP contribution in [0.2, 0.25) is 0 Å². The van der Waals surface area contributed by atoms with Gasteiger partial charge in [0, 0.05) is 19.3 Å².